The van der Waals surface area contributed by atoms with Crippen LogP contribution in [-0.2, 0) is 0 Å². The predicted octanol–water partition coefficient (Wildman–Crippen LogP) is 2.22. The highest BCUT2D eigenvalue weighted by Gasteiger charge is 2.18. The number of hydrogen-bond donors (Lipinski definition) is 2. The number of phenolic OH excluding ortho intramolecular Hbond substituents is 1. The van der Waals surface area contributed by atoms with E-state index in [1.165, 1.54) is 12.8 Å². The average molecular weight is 207 g/mol. The number of nitrogens with one attached hydrogen (secondary N) is 1. The Kier molecular flexibility index (Phi) is 3.11. The lowest BCUT2D eigenvalue weighted by Crippen LogP contribution is -2.27. The van der Waals surface area contributed by atoms with Crippen LogP contribution in [0.4, 0.5) is 0 Å². The number of methoxy groups -OCH3 is 1. The van der Waals surface area contributed by atoms with Crippen LogP contribution >= 0.6 is 0 Å². The maximum absolute atomic E-state index is 9.48. The Balaban J connectivity index is 2.27. The van der Waals surface area contributed by atoms with E-state index in [9.17, 15) is 5.11 Å². The molecule has 1 saturated heterocycles. The molecule has 1 fully saturated rings. The van der Waals surface area contributed by atoms with Crippen LogP contribution < -0.4 is 10.1 Å². The quantitative estimate of drug-likeness (QED) is 0.781. The van der Waals surface area contributed by atoms with Crippen molar-refractivity contribution in [1.82, 2.24) is 5.32 Å². The van der Waals surface area contributed by atoms with E-state index in [0.717, 1.165) is 24.3 Å². The Morgan fingerprint density at radius 2 is 2.27 bits per heavy atom. The fourth-order valence-corrected chi connectivity index (χ4v) is 2.11. The number of ether oxygens (including phenoxy) is 1. The number of rotatable bonds is 2. The van der Waals surface area contributed by atoms with Crippen molar-refractivity contribution < 1.29 is 9.84 Å². The molecule has 1 heterocycles. The highest BCUT2D eigenvalue weighted by Crippen LogP contribution is 2.32. The second kappa shape index (κ2) is 4.53. The first-order valence-corrected chi connectivity index (χ1v) is 5.41. The van der Waals surface area contributed by atoms with Crippen molar-refractivity contribution in [3.8, 4) is 11.5 Å². The summed E-state index contributed by atoms with van der Waals surface area (Å²) in [5, 5.41) is 12.9. The van der Waals surface area contributed by atoms with E-state index in [-0.39, 0.29) is 0 Å². The summed E-state index contributed by atoms with van der Waals surface area (Å²) in [6, 6.07) is 5.59. The van der Waals surface area contributed by atoms with Crippen molar-refractivity contribution in [2.45, 2.75) is 25.3 Å². The van der Waals surface area contributed by atoms with Crippen molar-refractivity contribution in [3.63, 3.8) is 0 Å². The van der Waals surface area contributed by atoms with Crippen LogP contribution in [0.15, 0.2) is 18.2 Å². The lowest BCUT2D eigenvalue weighted by Gasteiger charge is -2.25. The van der Waals surface area contributed by atoms with E-state index in [2.05, 4.69) is 5.32 Å². The van der Waals surface area contributed by atoms with Crippen molar-refractivity contribution >= 4 is 0 Å². The van der Waals surface area contributed by atoms with Crippen molar-refractivity contribution in [2.75, 3.05) is 13.7 Å². The first kappa shape index (κ1) is 10.3. The Morgan fingerprint density at radius 3 is 2.93 bits per heavy atom. The molecule has 2 rings (SSSR count). The summed E-state index contributed by atoms with van der Waals surface area (Å²) < 4.78 is 5.30. The summed E-state index contributed by atoms with van der Waals surface area (Å²) in [5.74, 6) is 1.16. The zero-order chi connectivity index (χ0) is 10.7. The zero-order valence-corrected chi connectivity index (χ0v) is 8.99. The average Bonchev–Trinajstić information content (AvgIpc) is 2.30. The van der Waals surface area contributed by atoms with E-state index >= 15 is 0 Å². The topological polar surface area (TPSA) is 41.5 Å². The maximum Gasteiger partial charge on any atom is 0.123 e. The summed E-state index contributed by atoms with van der Waals surface area (Å²) in [6.07, 6.45) is 3.58. The van der Waals surface area contributed by atoms with Gasteiger partial charge in [-0.2, -0.15) is 0 Å². The molecule has 3 nitrogen and oxygen atoms in total. The maximum atomic E-state index is 9.48. The molecule has 0 amide bonds. The molecule has 0 spiro atoms. The fraction of sp³-hybridized carbons (Fsp3) is 0.500. The summed E-state index contributed by atoms with van der Waals surface area (Å²) >= 11 is 0. The first-order chi connectivity index (χ1) is 7.31. The molecule has 1 aromatic rings. The van der Waals surface area contributed by atoms with Crippen LogP contribution in [-0.4, -0.2) is 18.8 Å². The number of hydrogen-bond acceptors (Lipinski definition) is 3. The Hall–Kier alpha value is -1.22. The summed E-state index contributed by atoms with van der Waals surface area (Å²) in [5.41, 5.74) is 1.07. The third-order valence-electron chi connectivity index (χ3n) is 2.90. The van der Waals surface area contributed by atoms with Gasteiger partial charge in [0.1, 0.15) is 11.5 Å². The van der Waals surface area contributed by atoms with Crippen molar-refractivity contribution in [2.24, 2.45) is 0 Å². The van der Waals surface area contributed by atoms with Gasteiger partial charge in [0.05, 0.1) is 7.11 Å². The Bertz CT molecular complexity index is 332. The minimum absolute atomic E-state index is 0.304. The van der Waals surface area contributed by atoms with Crippen LogP contribution in [0.25, 0.3) is 0 Å². The molecule has 1 aliphatic heterocycles. The monoisotopic (exact) mass is 207 g/mol. The summed E-state index contributed by atoms with van der Waals surface area (Å²) in [4.78, 5) is 0. The van der Waals surface area contributed by atoms with Crippen LogP contribution in [0, 0.1) is 0 Å². The molecule has 0 bridgehead atoms. The van der Waals surface area contributed by atoms with Crippen LogP contribution in [0.3, 0.4) is 0 Å². The molecule has 0 aromatic heterocycles. The fourth-order valence-electron chi connectivity index (χ4n) is 2.11. The number of benzene rings is 1. The van der Waals surface area contributed by atoms with Gasteiger partial charge in [-0.05, 0) is 37.6 Å². The Labute approximate surface area is 90.1 Å². The molecule has 15 heavy (non-hydrogen) atoms. The van der Waals surface area contributed by atoms with E-state index in [1.54, 1.807) is 19.2 Å². The second-order valence-corrected chi connectivity index (χ2v) is 3.93. The summed E-state index contributed by atoms with van der Waals surface area (Å²) in [6.45, 7) is 1.05. The van der Waals surface area contributed by atoms with Crippen molar-refractivity contribution in [1.29, 1.82) is 0 Å². The van der Waals surface area contributed by atoms with Crippen LogP contribution in [0.5, 0.6) is 11.5 Å². The van der Waals surface area contributed by atoms with Gasteiger partial charge in [0.15, 0.2) is 0 Å². The highest BCUT2D eigenvalue weighted by molar-refractivity contribution is 5.41. The number of aromatic hydroxyl groups is 1. The zero-order valence-electron chi connectivity index (χ0n) is 8.99. The predicted molar refractivity (Wildman–Crippen MR) is 59.3 cm³/mol. The molecule has 2 N–H and O–H groups in total. The molecule has 1 aliphatic rings. The van der Waals surface area contributed by atoms with Crippen LogP contribution in [0.1, 0.15) is 30.9 Å². The van der Waals surface area contributed by atoms with Gasteiger partial charge in [0.25, 0.3) is 0 Å². The van der Waals surface area contributed by atoms with E-state index in [4.69, 9.17) is 4.74 Å². The third-order valence-corrected chi connectivity index (χ3v) is 2.90. The molecule has 0 saturated carbocycles. The molecule has 1 atom stereocenters. The number of phenols is 1. The standard InChI is InChI=1S/C12H17NO2/c1-15-12-6-5-9(14)8-10(12)11-4-2-3-7-13-11/h5-6,8,11,13-14H,2-4,7H2,1H3. The molecule has 0 aliphatic carbocycles. The smallest absolute Gasteiger partial charge is 0.123 e. The molecule has 1 aromatic carbocycles. The normalized spacial score (nSPS) is 21.3. The van der Waals surface area contributed by atoms with E-state index < -0.39 is 0 Å². The lowest BCUT2D eigenvalue weighted by molar-refractivity contribution is 0.370. The largest absolute Gasteiger partial charge is 0.508 e. The van der Waals surface area contributed by atoms with Crippen molar-refractivity contribution in [3.05, 3.63) is 23.8 Å². The molecule has 3 heteroatoms. The minimum Gasteiger partial charge on any atom is -0.508 e. The van der Waals surface area contributed by atoms with Gasteiger partial charge in [-0.3, -0.25) is 0 Å². The summed E-state index contributed by atoms with van der Waals surface area (Å²) in [7, 11) is 1.67. The molecular formula is C12H17NO2. The van der Waals surface area contributed by atoms with Gasteiger partial charge in [-0.15, -0.1) is 0 Å². The number of piperidine rings is 1. The lowest BCUT2D eigenvalue weighted by atomic mass is 9.96. The second-order valence-electron chi connectivity index (χ2n) is 3.93. The van der Waals surface area contributed by atoms with Gasteiger partial charge in [0.2, 0.25) is 0 Å². The van der Waals surface area contributed by atoms with E-state index in [1.807, 2.05) is 6.07 Å². The molecular weight excluding hydrogens is 190 g/mol. The molecule has 1 unspecified atom stereocenters. The molecule has 82 valence electrons. The first-order valence-electron chi connectivity index (χ1n) is 5.41. The SMILES string of the molecule is COc1ccc(O)cc1C1CCCCN1. The van der Waals surface area contributed by atoms with Crippen LogP contribution in [0.2, 0.25) is 0 Å². The van der Waals surface area contributed by atoms with Gasteiger partial charge in [0, 0.05) is 11.6 Å². The molecule has 0 radical (unpaired) electrons. The van der Waals surface area contributed by atoms with Gasteiger partial charge < -0.3 is 15.2 Å². The van der Waals surface area contributed by atoms with Gasteiger partial charge in [-0.25, -0.2) is 0 Å². The van der Waals surface area contributed by atoms with Gasteiger partial charge >= 0.3 is 0 Å². The third kappa shape index (κ3) is 2.23. The highest BCUT2D eigenvalue weighted by atomic mass is 16.5. The Morgan fingerprint density at radius 1 is 1.40 bits per heavy atom. The van der Waals surface area contributed by atoms with Gasteiger partial charge in [-0.1, -0.05) is 6.42 Å². The minimum atomic E-state index is 0.304. The van der Waals surface area contributed by atoms with E-state index in [0.29, 0.717) is 11.8 Å².